The number of nitrogens with zero attached hydrogens (tertiary/aromatic N) is 1. The second-order valence-corrected chi connectivity index (χ2v) is 7.72. The molecular weight excluding hydrogens is 342 g/mol. The van der Waals surface area contributed by atoms with E-state index in [1.807, 2.05) is 63.2 Å². The molecule has 0 bridgehead atoms. The van der Waals surface area contributed by atoms with Crippen LogP contribution in [0.15, 0.2) is 59.8 Å². The highest BCUT2D eigenvalue weighted by Crippen LogP contribution is 2.24. The molecule has 2 N–H and O–H groups in total. The van der Waals surface area contributed by atoms with E-state index in [2.05, 4.69) is 27.4 Å². The van der Waals surface area contributed by atoms with Crippen LogP contribution >= 0.6 is 11.8 Å². The quantitative estimate of drug-likeness (QED) is 0.621. The Morgan fingerprint density at radius 3 is 2.65 bits per heavy atom. The monoisotopic (exact) mass is 365 g/mol. The average molecular weight is 366 g/mol. The van der Waals surface area contributed by atoms with E-state index in [-0.39, 0.29) is 11.2 Å². The summed E-state index contributed by atoms with van der Waals surface area (Å²) in [5, 5.41) is 3.50. The Labute approximate surface area is 158 Å². The lowest BCUT2D eigenvalue weighted by Gasteiger charge is -2.11. The number of hydrogen-bond acceptors (Lipinski definition) is 3. The lowest BCUT2D eigenvalue weighted by atomic mass is 10.1. The summed E-state index contributed by atoms with van der Waals surface area (Å²) < 4.78 is 0. The molecule has 0 fully saturated rings. The Morgan fingerprint density at radius 1 is 1.15 bits per heavy atom. The Morgan fingerprint density at radius 2 is 1.92 bits per heavy atom. The topological polar surface area (TPSA) is 57.8 Å². The minimum atomic E-state index is -0.245. The number of anilines is 1. The smallest absolute Gasteiger partial charge is 0.237 e. The van der Waals surface area contributed by atoms with E-state index in [0.29, 0.717) is 0 Å². The van der Waals surface area contributed by atoms with Crippen molar-refractivity contribution in [2.75, 3.05) is 5.32 Å². The van der Waals surface area contributed by atoms with Gasteiger partial charge in [0.1, 0.15) is 0 Å². The number of rotatable bonds is 6. The number of nitrogens with one attached hydrogen (secondary N) is 2. The van der Waals surface area contributed by atoms with Gasteiger partial charge in [-0.05, 0) is 44.0 Å². The number of aromatic nitrogens is 2. The van der Waals surface area contributed by atoms with E-state index in [1.54, 1.807) is 0 Å². The number of carbonyl (C=O) groups excluding carboxylic acids is 1. The van der Waals surface area contributed by atoms with Gasteiger partial charge in [-0.25, -0.2) is 4.98 Å². The van der Waals surface area contributed by atoms with E-state index in [9.17, 15) is 4.79 Å². The number of benzene rings is 2. The van der Waals surface area contributed by atoms with Crippen molar-refractivity contribution >= 4 is 23.4 Å². The third-order valence-electron chi connectivity index (χ3n) is 4.12. The number of imidazole rings is 1. The highest BCUT2D eigenvalue weighted by molar-refractivity contribution is 8.00. The van der Waals surface area contributed by atoms with Gasteiger partial charge >= 0.3 is 0 Å². The van der Waals surface area contributed by atoms with Gasteiger partial charge in [0, 0.05) is 17.8 Å². The second-order valence-electron chi connectivity index (χ2n) is 6.39. The van der Waals surface area contributed by atoms with Crippen molar-refractivity contribution in [2.45, 2.75) is 37.6 Å². The third-order valence-corrected chi connectivity index (χ3v) is 5.11. The van der Waals surface area contributed by atoms with E-state index in [0.717, 1.165) is 34.2 Å². The van der Waals surface area contributed by atoms with Crippen LogP contribution < -0.4 is 5.32 Å². The van der Waals surface area contributed by atoms with Gasteiger partial charge < -0.3 is 10.3 Å². The predicted octanol–water partition coefficient (Wildman–Crippen LogP) is 4.74. The molecule has 134 valence electrons. The SMILES string of the molecule is Cc1cccc(NC(=O)C(C)Sc2nc(Cc3ccccc3)c(C)[nH]2)c1. The van der Waals surface area contributed by atoms with Crippen molar-refractivity contribution in [3.8, 4) is 0 Å². The van der Waals surface area contributed by atoms with Crippen molar-refractivity contribution in [1.82, 2.24) is 9.97 Å². The molecule has 0 saturated carbocycles. The third kappa shape index (κ3) is 4.76. The zero-order valence-electron chi connectivity index (χ0n) is 15.2. The molecule has 0 saturated heterocycles. The molecule has 4 nitrogen and oxygen atoms in total. The van der Waals surface area contributed by atoms with Crippen molar-refractivity contribution in [2.24, 2.45) is 0 Å². The summed E-state index contributed by atoms with van der Waals surface area (Å²) in [7, 11) is 0. The van der Waals surface area contributed by atoms with Crippen LogP contribution in [0.25, 0.3) is 0 Å². The van der Waals surface area contributed by atoms with Gasteiger partial charge in [-0.3, -0.25) is 4.79 Å². The van der Waals surface area contributed by atoms with Crippen molar-refractivity contribution in [1.29, 1.82) is 0 Å². The number of aromatic amines is 1. The molecule has 3 aromatic rings. The van der Waals surface area contributed by atoms with Crippen LogP contribution in [0.1, 0.15) is 29.4 Å². The van der Waals surface area contributed by atoms with E-state index < -0.39 is 0 Å². The molecule has 1 atom stereocenters. The number of H-pyrrole nitrogens is 1. The zero-order valence-corrected chi connectivity index (χ0v) is 16.1. The minimum absolute atomic E-state index is 0.0285. The first-order chi connectivity index (χ1) is 12.5. The highest BCUT2D eigenvalue weighted by atomic mass is 32.2. The molecule has 1 amide bonds. The normalized spacial score (nSPS) is 12.0. The number of amides is 1. The summed E-state index contributed by atoms with van der Waals surface area (Å²) in [6.45, 7) is 5.92. The fourth-order valence-electron chi connectivity index (χ4n) is 2.67. The molecule has 26 heavy (non-hydrogen) atoms. The number of hydrogen-bond donors (Lipinski definition) is 2. The van der Waals surface area contributed by atoms with Gasteiger partial charge in [-0.15, -0.1) is 0 Å². The Balaban J connectivity index is 1.63. The highest BCUT2D eigenvalue weighted by Gasteiger charge is 2.17. The van der Waals surface area contributed by atoms with Crippen LogP contribution in [0.3, 0.4) is 0 Å². The van der Waals surface area contributed by atoms with Crippen molar-refractivity contribution in [3.05, 3.63) is 77.1 Å². The fraction of sp³-hybridized carbons (Fsp3) is 0.238. The maximum Gasteiger partial charge on any atom is 0.237 e. The lowest BCUT2D eigenvalue weighted by Crippen LogP contribution is -2.22. The van der Waals surface area contributed by atoms with Crippen LogP contribution in [0, 0.1) is 13.8 Å². The van der Waals surface area contributed by atoms with E-state index in [1.165, 1.54) is 17.3 Å². The Hall–Kier alpha value is -2.53. The zero-order chi connectivity index (χ0) is 18.5. The molecule has 2 aromatic carbocycles. The molecule has 1 heterocycles. The summed E-state index contributed by atoms with van der Waals surface area (Å²) in [5.74, 6) is -0.0285. The first kappa shape index (κ1) is 18.3. The Kier molecular flexibility index (Phi) is 5.78. The first-order valence-corrected chi connectivity index (χ1v) is 9.53. The van der Waals surface area contributed by atoms with Crippen LogP contribution in [0.4, 0.5) is 5.69 Å². The molecule has 3 rings (SSSR count). The maximum atomic E-state index is 12.4. The van der Waals surface area contributed by atoms with Gasteiger partial charge in [-0.2, -0.15) is 0 Å². The predicted molar refractivity (Wildman–Crippen MR) is 108 cm³/mol. The molecule has 1 aromatic heterocycles. The van der Waals surface area contributed by atoms with E-state index >= 15 is 0 Å². The standard InChI is InChI=1S/C21H23N3OS/c1-14-8-7-11-18(12-14)23-20(25)16(3)26-21-22-15(2)19(24-21)13-17-9-5-4-6-10-17/h4-12,16H,13H2,1-3H3,(H,22,24)(H,23,25). The fourth-order valence-corrected chi connectivity index (χ4v) is 3.55. The van der Waals surface area contributed by atoms with E-state index in [4.69, 9.17) is 0 Å². The summed E-state index contributed by atoms with van der Waals surface area (Å²) >= 11 is 1.44. The molecule has 5 heteroatoms. The summed E-state index contributed by atoms with van der Waals surface area (Å²) in [4.78, 5) is 20.4. The number of thioether (sulfide) groups is 1. The first-order valence-electron chi connectivity index (χ1n) is 8.65. The molecular formula is C21H23N3OS. The Bertz CT molecular complexity index is 889. The van der Waals surface area contributed by atoms with Gasteiger partial charge in [0.05, 0.1) is 10.9 Å². The molecule has 1 unspecified atom stereocenters. The van der Waals surface area contributed by atoms with Gasteiger partial charge in [0.15, 0.2) is 5.16 Å². The van der Waals surface area contributed by atoms with Crippen molar-refractivity contribution < 1.29 is 4.79 Å². The molecule has 0 radical (unpaired) electrons. The molecule has 0 aliphatic heterocycles. The second kappa shape index (κ2) is 8.23. The van der Waals surface area contributed by atoms with Crippen LogP contribution in [-0.2, 0) is 11.2 Å². The summed E-state index contributed by atoms with van der Waals surface area (Å²) in [5.41, 5.74) is 5.23. The van der Waals surface area contributed by atoms with Gasteiger partial charge in [-0.1, -0.05) is 54.2 Å². The number of aryl methyl sites for hydroxylation is 2. The summed E-state index contributed by atoms with van der Waals surface area (Å²) in [6, 6.07) is 18.1. The maximum absolute atomic E-state index is 12.4. The van der Waals surface area contributed by atoms with Crippen molar-refractivity contribution in [3.63, 3.8) is 0 Å². The molecule has 0 spiro atoms. The van der Waals surface area contributed by atoms with Gasteiger partial charge in [0.25, 0.3) is 0 Å². The minimum Gasteiger partial charge on any atom is -0.337 e. The summed E-state index contributed by atoms with van der Waals surface area (Å²) in [6.07, 6.45) is 0.785. The van der Waals surface area contributed by atoms with Gasteiger partial charge in [0.2, 0.25) is 5.91 Å². The molecule has 0 aliphatic rings. The average Bonchev–Trinajstić information content (AvgIpc) is 2.95. The van der Waals surface area contributed by atoms with Crippen LogP contribution in [-0.4, -0.2) is 21.1 Å². The van der Waals surface area contributed by atoms with Crippen LogP contribution in [0.5, 0.6) is 0 Å². The lowest BCUT2D eigenvalue weighted by molar-refractivity contribution is -0.115. The largest absolute Gasteiger partial charge is 0.337 e. The van der Waals surface area contributed by atoms with Crippen LogP contribution in [0.2, 0.25) is 0 Å². The number of carbonyl (C=O) groups is 1. The molecule has 0 aliphatic carbocycles.